The monoisotopic (exact) mass is 477 g/mol. The minimum Gasteiger partial charge on any atom is -0.327 e. The molecule has 1 atom stereocenters. The molecule has 1 N–H and O–H groups in total. The van der Waals surface area contributed by atoms with E-state index in [1.165, 1.54) is 31.1 Å². The van der Waals surface area contributed by atoms with E-state index < -0.39 is 6.04 Å². The number of carbonyl (C=O) groups is 4. The zero-order chi connectivity index (χ0) is 24.3. The minimum absolute atomic E-state index is 0.0550. The SMILES string of the molecule is CC(=O)Nc1ccc(N2C(=O)CC(N(C(=O)C34CC5CC(CC(C5)C3)C4)C3CCCC3)C2=O)cc1. The molecule has 1 unspecified atom stereocenters. The fraction of sp³-hybridized carbons (Fsp3) is 0.643. The Bertz CT molecular complexity index is 1020. The van der Waals surface area contributed by atoms with Crippen molar-refractivity contribution in [1.82, 2.24) is 4.90 Å². The second-order valence-corrected chi connectivity index (χ2v) is 11.9. The average Bonchev–Trinajstić information content (AvgIpc) is 3.42. The van der Waals surface area contributed by atoms with Gasteiger partial charge in [-0.15, -0.1) is 0 Å². The van der Waals surface area contributed by atoms with Crippen LogP contribution in [0.5, 0.6) is 0 Å². The number of rotatable bonds is 5. The molecule has 0 radical (unpaired) electrons. The summed E-state index contributed by atoms with van der Waals surface area (Å²) in [6.45, 7) is 1.43. The second kappa shape index (κ2) is 8.45. The fourth-order valence-electron chi connectivity index (χ4n) is 8.39. The van der Waals surface area contributed by atoms with Gasteiger partial charge < -0.3 is 10.2 Å². The van der Waals surface area contributed by atoms with Crippen molar-refractivity contribution in [2.45, 2.75) is 89.6 Å². The van der Waals surface area contributed by atoms with Crippen molar-refractivity contribution in [3.8, 4) is 0 Å². The van der Waals surface area contributed by atoms with Crippen LogP contribution < -0.4 is 10.2 Å². The summed E-state index contributed by atoms with van der Waals surface area (Å²) in [5, 5.41) is 2.71. The van der Waals surface area contributed by atoms with Crippen LogP contribution in [0.1, 0.15) is 77.6 Å². The van der Waals surface area contributed by atoms with E-state index in [1.807, 2.05) is 4.90 Å². The first-order chi connectivity index (χ1) is 16.8. The quantitative estimate of drug-likeness (QED) is 0.642. The van der Waals surface area contributed by atoms with Crippen molar-refractivity contribution in [2.75, 3.05) is 10.2 Å². The third-order valence-electron chi connectivity index (χ3n) is 9.35. The van der Waals surface area contributed by atoms with Crippen LogP contribution in [-0.4, -0.2) is 40.6 Å². The first-order valence-electron chi connectivity index (χ1n) is 13.4. The predicted octanol–water partition coefficient (Wildman–Crippen LogP) is 4.26. The molecule has 35 heavy (non-hydrogen) atoms. The lowest BCUT2D eigenvalue weighted by molar-refractivity contribution is -0.164. The number of hydrogen-bond donors (Lipinski definition) is 1. The Kier molecular flexibility index (Phi) is 5.49. The smallest absolute Gasteiger partial charge is 0.257 e. The molecule has 1 aromatic carbocycles. The van der Waals surface area contributed by atoms with E-state index in [4.69, 9.17) is 0 Å². The summed E-state index contributed by atoms with van der Waals surface area (Å²) in [4.78, 5) is 55.8. The first kappa shape index (κ1) is 22.7. The zero-order valence-corrected chi connectivity index (χ0v) is 20.5. The molecule has 0 spiro atoms. The lowest BCUT2D eigenvalue weighted by atomic mass is 9.49. The number of nitrogens with one attached hydrogen (secondary N) is 1. The molecule has 4 bridgehead atoms. The lowest BCUT2D eigenvalue weighted by Gasteiger charge is -2.57. The van der Waals surface area contributed by atoms with Crippen molar-refractivity contribution in [3.05, 3.63) is 24.3 Å². The molecule has 6 aliphatic rings. The molecule has 1 heterocycles. The zero-order valence-electron chi connectivity index (χ0n) is 20.5. The molecular formula is C28H35N3O4. The van der Waals surface area contributed by atoms with E-state index in [0.29, 0.717) is 29.1 Å². The third-order valence-corrected chi connectivity index (χ3v) is 9.35. The Labute approximate surface area is 206 Å². The van der Waals surface area contributed by atoms with Crippen LogP contribution in [0.25, 0.3) is 0 Å². The number of amides is 4. The number of carbonyl (C=O) groups excluding carboxylic acids is 4. The number of nitrogens with zero attached hydrogens (tertiary/aromatic N) is 2. The van der Waals surface area contributed by atoms with Gasteiger partial charge in [-0.05, 0) is 93.4 Å². The largest absolute Gasteiger partial charge is 0.327 e. The predicted molar refractivity (Wildman–Crippen MR) is 131 cm³/mol. The fourth-order valence-corrected chi connectivity index (χ4v) is 8.39. The maximum atomic E-state index is 14.4. The van der Waals surface area contributed by atoms with Crippen molar-refractivity contribution < 1.29 is 19.2 Å². The number of imide groups is 1. The maximum absolute atomic E-state index is 14.4. The average molecular weight is 478 g/mol. The standard InChI is InChI=1S/C28H35N3O4/c1-17(32)29-21-6-8-23(9-7-21)31-25(33)13-24(26(31)34)30(22-4-2-3-5-22)27(35)28-14-18-10-19(15-28)12-20(11-18)16-28/h6-9,18-20,22,24H,2-5,10-16H2,1H3,(H,29,32). The molecule has 6 fully saturated rings. The van der Waals surface area contributed by atoms with Crippen molar-refractivity contribution in [2.24, 2.45) is 23.2 Å². The summed E-state index contributed by atoms with van der Waals surface area (Å²) >= 11 is 0. The van der Waals surface area contributed by atoms with Crippen LogP contribution in [0, 0.1) is 23.2 Å². The normalized spacial score (nSPS) is 34.0. The molecule has 5 saturated carbocycles. The Balaban J connectivity index is 1.28. The van der Waals surface area contributed by atoms with E-state index >= 15 is 0 Å². The number of hydrogen-bond acceptors (Lipinski definition) is 4. The van der Waals surface area contributed by atoms with E-state index in [-0.39, 0.29) is 41.5 Å². The molecule has 1 aromatic rings. The van der Waals surface area contributed by atoms with Crippen molar-refractivity contribution >= 4 is 35.0 Å². The second-order valence-electron chi connectivity index (χ2n) is 11.9. The van der Waals surface area contributed by atoms with E-state index in [0.717, 1.165) is 44.9 Å². The van der Waals surface area contributed by atoms with Crippen LogP contribution in [0.3, 0.4) is 0 Å². The maximum Gasteiger partial charge on any atom is 0.257 e. The summed E-state index contributed by atoms with van der Waals surface area (Å²) in [5.41, 5.74) is 0.778. The Morgan fingerprint density at radius 1 is 0.943 bits per heavy atom. The Morgan fingerprint density at radius 2 is 1.51 bits per heavy atom. The van der Waals surface area contributed by atoms with Crippen molar-refractivity contribution in [1.29, 1.82) is 0 Å². The van der Waals surface area contributed by atoms with Gasteiger partial charge in [0, 0.05) is 18.7 Å². The van der Waals surface area contributed by atoms with Gasteiger partial charge in [0.05, 0.1) is 17.5 Å². The van der Waals surface area contributed by atoms with Crippen LogP contribution in [0.4, 0.5) is 11.4 Å². The molecule has 7 heteroatoms. The molecule has 5 aliphatic carbocycles. The van der Waals surface area contributed by atoms with Gasteiger partial charge in [0.15, 0.2) is 0 Å². The van der Waals surface area contributed by atoms with Crippen LogP contribution in [-0.2, 0) is 19.2 Å². The number of anilines is 2. The topological polar surface area (TPSA) is 86.8 Å². The van der Waals surface area contributed by atoms with Gasteiger partial charge >= 0.3 is 0 Å². The highest BCUT2D eigenvalue weighted by molar-refractivity contribution is 6.23. The molecule has 0 aromatic heterocycles. The Hall–Kier alpha value is -2.70. The summed E-state index contributed by atoms with van der Waals surface area (Å²) < 4.78 is 0. The summed E-state index contributed by atoms with van der Waals surface area (Å²) in [6, 6.07) is 6.11. The molecule has 1 saturated heterocycles. The lowest BCUT2D eigenvalue weighted by Crippen LogP contribution is -2.59. The Morgan fingerprint density at radius 3 is 2.06 bits per heavy atom. The number of benzene rings is 1. The van der Waals surface area contributed by atoms with Crippen LogP contribution >= 0.6 is 0 Å². The highest BCUT2D eigenvalue weighted by Crippen LogP contribution is 2.61. The van der Waals surface area contributed by atoms with Gasteiger partial charge in [0.25, 0.3) is 5.91 Å². The van der Waals surface area contributed by atoms with E-state index in [9.17, 15) is 19.2 Å². The van der Waals surface area contributed by atoms with Crippen molar-refractivity contribution in [3.63, 3.8) is 0 Å². The highest BCUT2D eigenvalue weighted by Gasteiger charge is 2.58. The molecule has 186 valence electrons. The van der Waals surface area contributed by atoms with Gasteiger partial charge in [-0.1, -0.05) is 12.8 Å². The van der Waals surface area contributed by atoms with Crippen LogP contribution in [0.2, 0.25) is 0 Å². The molecule has 1 aliphatic heterocycles. The summed E-state index contributed by atoms with van der Waals surface area (Å²) in [7, 11) is 0. The third kappa shape index (κ3) is 3.87. The van der Waals surface area contributed by atoms with E-state index in [1.54, 1.807) is 24.3 Å². The van der Waals surface area contributed by atoms with Gasteiger partial charge in [-0.3, -0.25) is 19.2 Å². The summed E-state index contributed by atoms with van der Waals surface area (Å²) in [5.74, 6) is 1.39. The first-order valence-corrected chi connectivity index (χ1v) is 13.4. The van der Waals surface area contributed by atoms with Gasteiger partial charge in [0.2, 0.25) is 17.7 Å². The molecule has 4 amide bonds. The minimum atomic E-state index is -0.707. The summed E-state index contributed by atoms with van der Waals surface area (Å²) in [6.07, 6.45) is 10.7. The van der Waals surface area contributed by atoms with E-state index in [2.05, 4.69) is 5.32 Å². The molecular weight excluding hydrogens is 442 g/mol. The van der Waals surface area contributed by atoms with Gasteiger partial charge in [0.1, 0.15) is 6.04 Å². The van der Waals surface area contributed by atoms with Gasteiger partial charge in [-0.25, -0.2) is 4.90 Å². The molecule has 7 rings (SSSR count). The van der Waals surface area contributed by atoms with Crippen LogP contribution in [0.15, 0.2) is 24.3 Å². The molecule has 7 nitrogen and oxygen atoms in total. The highest BCUT2D eigenvalue weighted by atomic mass is 16.2. The van der Waals surface area contributed by atoms with Gasteiger partial charge in [-0.2, -0.15) is 0 Å².